The third kappa shape index (κ3) is 2.05. The van der Waals surface area contributed by atoms with Crippen LogP contribution in [0.15, 0.2) is 54.6 Å². The molecule has 0 bridgehead atoms. The van der Waals surface area contributed by atoms with Gasteiger partial charge in [-0.25, -0.2) is 0 Å². The molecule has 3 heteroatoms. The lowest BCUT2D eigenvalue weighted by Gasteiger charge is -2.36. The Kier molecular flexibility index (Phi) is 2.89. The van der Waals surface area contributed by atoms with Crippen LogP contribution < -0.4 is 4.74 Å². The number of aromatic hydroxyl groups is 2. The van der Waals surface area contributed by atoms with E-state index in [1.807, 2.05) is 24.3 Å². The summed E-state index contributed by atoms with van der Waals surface area (Å²) in [6, 6.07) is 12.6. The molecule has 3 atom stereocenters. The number of hydrogen-bond acceptors (Lipinski definition) is 3. The van der Waals surface area contributed by atoms with Crippen LogP contribution in [0.1, 0.15) is 36.0 Å². The highest BCUT2D eigenvalue weighted by atomic mass is 16.5. The van der Waals surface area contributed by atoms with E-state index < -0.39 is 0 Å². The topological polar surface area (TPSA) is 49.7 Å². The van der Waals surface area contributed by atoms with Crippen molar-refractivity contribution in [2.75, 3.05) is 0 Å². The molecular formula is C19H18O3. The zero-order chi connectivity index (χ0) is 15.3. The van der Waals surface area contributed by atoms with Gasteiger partial charge in [-0.1, -0.05) is 24.3 Å². The van der Waals surface area contributed by atoms with E-state index in [1.165, 1.54) is 5.57 Å². The van der Waals surface area contributed by atoms with E-state index in [4.69, 9.17) is 4.74 Å². The molecule has 2 aromatic rings. The first kappa shape index (κ1) is 13.3. The van der Waals surface area contributed by atoms with E-state index in [0.29, 0.717) is 11.8 Å². The smallest absolute Gasteiger partial charge is 0.127 e. The van der Waals surface area contributed by atoms with Crippen LogP contribution in [0.5, 0.6) is 17.2 Å². The minimum absolute atomic E-state index is 0.0399. The zero-order valence-electron chi connectivity index (χ0n) is 12.2. The molecule has 0 amide bonds. The van der Waals surface area contributed by atoms with E-state index in [1.54, 1.807) is 18.2 Å². The number of rotatable bonds is 1. The van der Waals surface area contributed by atoms with Gasteiger partial charge in [0.15, 0.2) is 0 Å². The summed E-state index contributed by atoms with van der Waals surface area (Å²) < 4.78 is 6.24. The normalized spacial score (nSPS) is 26.2. The molecule has 4 rings (SSSR count). The third-order valence-electron chi connectivity index (χ3n) is 4.81. The summed E-state index contributed by atoms with van der Waals surface area (Å²) in [5, 5.41) is 19.3. The van der Waals surface area contributed by atoms with Gasteiger partial charge in [0, 0.05) is 11.5 Å². The highest BCUT2D eigenvalue weighted by Gasteiger charge is 2.43. The Balaban J connectivity index is 1.79. The average molecular weight is 294 g/mol. The quantitative estimate of drug-likeness (QED) is 0.772. The highest BCUT2D eigenvalue weighted by Crippen LogP contribution is 2.55. The molecule has 1 aliphatic heterocycles. The van der Waals surface area contributed by atoms with Crippen molar-refractivity contribution < 1.29 is 14.9 Å². The summed E-state index contributed by atoms with van der Waals surface area (Å²) in [7, 11) is 0. The summed E-state index contributed by atoms with van der Waals surface area (Å²) >= 11 is 0. The first-order valence-electron chi connectivity index (χ1n) is 7.57. The van der Waals surface area contributed by atoms with Crippen molar-refractivity contribution in [1.29, 1.82) is 0 Å². The van der Waals surface area contributed by atoms with Gasteiger partial charge in [0.1, 0.15) is 23.4 Å². The van der Waals surface area contributed by atoms with Crippen LogP contribution >= 0.6 is 0 Å². The van der Waals surface area contributed by atoms with E-state index in [2.05, 4.69) is 6.58 Å². The SMILES string of the molecule is C=C1CC2c3cc(O)ccc3OC(c3ccc(O)cc3)C2C1. The lowest BCUT2D eigenvalue weighted by atomic mass is 9.80. The van der Waals surface area contributed by atoms with Crippen LogP contribution in [-0.2, 0) is 0 Å². The van der Waals surface area contributed by atoms with Crippen molar-refractivity contribution in [3.8, 4) is 17.2 Å². The van der Waals surface area contributed by atoms with Gasteiger partial charge in [-0.2, -0.15) is 0 Å². The summed E-state index contributed by atoms with van der Waals surface area (Å²) in [5.41, 5.74) is 3.39. The fourth-order valence-corrected chi connectivity index (χ4v) is 3.82. The van der Waals surface area contributed by atoms with Gasteiger partial charge in [0.2, 0.25) is 0 Å². The largest absolute Gasteiger partial charge is 0.508 e. The number of phenols is 2. The van der Waals surface area contributed by atoms with Gasteiger partial charge >= 0.3 is 0 Å². The maximum atomic E-state index is 9.78. The van der Waals surface area contributed by atoms with Crippen LogP contribution in [0.2, 0.25) is 0 Å². The van der Waals surface area contributed by atoms with Gasteiger partial charge in [-0.3, -0.25) is 0 Å². The van der Waals surface area contributed by atoms with Crippen LogP contribution in [0, 0.1) is 5.92 Å². The highest BCUT2D eigenvalue weighted by molar-refractivity contribution is 5.47. The number of ether oxygens (including phenoxy) is 1. The summed E-state index contributed by atoms with van der Waals surface area (Å²) in [6.45, 7) is 4.16. The van der Waals surface area contributed by atoms with Gasteiger partial charge in [-0.15, -0.1) is 0 Å². The van der Waals surface area contributed by atoms with Crippen molar-refractivity contribution in [2.24, 2.45) is 5.92 Å². The maximum absolute atomic E-state index is 9.78. The molecule has 3 nitrogen and oxygen atoms in total. The van der Waals surface area contributed by atoms with E-state index >= 15 is 0 Å². The first-order valence-corrected chi connectivity index (χ1v) is 7.57. The van der Waals surface area contributed by atoms with Gasteiger partial charge in [0.05, 0.1) is 0 Å². The number of fused-ring (bicyclic) bond motifs is 3. The molecule has 3 unspecified atom stereocenters. The molecule has 1 heterocycles. The van der Waals surface area contributed by atoms with Crippen LogP contribution in [0.25, 0.3) is 0 Å². The molecule has 1 saturated carbocycles. The second-order valence-corrected chi connectivity index (χ2v) is 6.28. The minimum atomic E-state index is -0.0399. The Bertz CT molecular complexity index is 733. The van der Waals surface area contributed by atoms with E-state index in [9.17, 15) is 10.2 Å². The van der Waals surface area contributed by atoms with E-state index in [-0.39, 0.29) is 17.6 Å². The summed E-state index contributed by atoms with van der Waals surface area (Å²) in [5.74, 6) is 2.04. The Morgan fingerprint density at radius 1 is 0.955 bits per heavy atom. The molecule has 2 aromatic carbocycles. The Morgan fingerprint density at radius 3 is 2.45 bits per heavy atom. The molecule has 2 aliphatic rings. The third-order valence-corrected chi connectivity index (χ3v) is 4.81. The number of allylic oxidation sites excluding steroid dienone is 1. The molecule has 0 aromatic heterocycles. The molecule has 22 heavy (non-hydrogen) atoms. The second-order valence-electron chi connectivity index (χ2n) is 6.28. The fraction of sp³-hybridized carbons (Fsp3) is 0.263. The molecule has 1 fully saturated rings. The van der Waals surface area contributed by atoms with Crippen LogP contribution in [0.4, 0.5) is 0 Å². The molecule has 1 aliphatic carbocycles. The molecule has 0 saturated heterocycles. The number of hydrogen-bond donors (Lipinski definition) is 2. The van der Waals surface area contributed by atoms with Crippen molar-refractivity contribution in [3.63, 3.8) is 0 Å². The summed E-state index contributed by atoms with van der Waals surface area (Å²) in [6.07, 6.45) is 1.84. The average Bonchev–Trinajstić information content (AvgIpc) is 2.89. The lowest BCUT2D eigenvalue weighted by molar-refractivity contribution is 0.105. The number of benzene rings is 2. The lowest BCUT2D eigenvalue weighted by Crippen LogP contribution is -2.26. The maximum Gasteiger partial charge on any atom is 0.127 e. The van der Waals surface area contributed by atoms with Crippen LogP contribution in [0.3, 0.4) is 0 Å². The molecule has 112 valence electrons. The zero-order valence-corrected chi connectivity index (χ0v) is 12.2. The first-order chi connectivity index (χ1) is 10.6. The predicted molar refractivity (Wildman–Crippen MR) is 84.2 cm³/mol. The van der Waals surface area contributed by atoms with Crippen molar-refractivity contribution in [1.82, 2.24) is 0 Å². The standard InChI is InChI=1S/C19H18O3/c1-11-8-15-16-10-14(21)6-7-18(16)22-19(17(15)9-11)12-2-4-13(20)5-3-12/h2-7,10,15,17,19-21H,1,8-9H2. The van der Waals surface area contributed by atoms with Gasteiger partial charge < -0.3 is 14.9 Å². The molecular weight excluding hydrogens is 276 g/mol. The summed E-state index contributed by atoms with van der Waals surface area (Å²) in [4.78, 5) is 0. The second kappa shape index (κ2) is 4.80. The van der Waals surface area contributed by atoms with E-state index in [0.717, 1.165) is 29.7 Å². The fourth-order valence-electron chi connectivity index (χ4n) is 3.82. The molecule has 0 spiro atoms. The number of phenolic OH excluding ortho intramolecular Hbond substituents is 2. The molecule has 0 radical (unpaired) electrons. The van der Waals surface area contributed by atoms with Gasteiger partial charge in [0.25, 0.3) is 0 Å². The van der Waals surface area contributed by atoms with Gasteiger partial charge in [-0.05, 0) is 54.7 Å². The molecule has 2 N–H and O–H groups in total. The van der Waals surface area contributed by atoms with Crippen LogP contribution in [-0.4, -0.2) is 10.2 Å². The van der Waals surface area contributed by atoms with Crippen molar-refractivity contribution in [2.45, 2.75) is 24.9 Å². The monoisotopic (exact) mass is 294 g/mol. The van der Waals surface area contributed by atoms with Crippen molar-refractivity contribution in [3.05, 3.63) is 65.7 Å². The Morgan fingerprint density at radius 2 is 1.68 bits per heavy atom. The Labute approximate surface area is 129 Å². The minimum Gasteiger partial charge on any atom is -0.508 e. The van der Waals surface area contributed by atoms with Crippen molar-refractivity contribution >= 4 is 0 Å². The Hall–Kier alpha value is -2.42. The predicted octanol–water partition coefficient (Wildman–Crippen LogP) is 4.28.